The molecule has 16 heavy (non-hydrogen) atoms. The van der Waals surface area contributed by atoms with E-state index in [4.69, 9.17) is 5.11 Å². The molecular weight excluding hydrogens is 214 g/mol. The second-order valence-corrected chi connectivity index (χ2v) is 3.73. The van der Waals surface area contributed by atoms with E-state index in [1.165, 1.54) is 0 Å². The van der Waals surface area contributed by atoms with E-state index in [0.29, 0.717) is 18.7 Å². The van der Waals surface area contributed by atoms with Crippen LogP contribution in [0.25, 0.3) is 0 Å². The molecule has 0 saturated carbocycles. The fourth-order valence-corrected chi connectivity index (χ4v) is 2.01. The van der Waals surface area contributed by atoms with E-state index in [2.05, 4.69) is 4.98 Å². The predicted octanol–water partition coefficient (Wildman–Crippen LogP) is 0.755. The van der Waals surface area contributed by atoms with Crippen LogP contribution < -0.4 is 0 Å². The summed E-state index contributed by atoms with van der Waals surface area (Å²) in [6.07, 6.45) is 2.13. The molecule has 1 aromatic rings. The van der Waals surface area contributed by atoms with Gasteiger partial charge in [-0.1, -0.05) is 0 Å². The molecule has 2 rings (SSSR count). The Kier molecular flexibility index (Phi) is 2.59. The Balaban J connectivity index is 2.45. The molecule has 0 aliphatic carbocycles. The average molecular weight is 225 g/mol. The number of imidazole rings is 1. The fraction of sp³-hybridized carbons (Fsp3) is 0.556. The van der Waals surface area contributed by atoms with Crippen LogP contribution in [0, 0.1) is 10.1 Å². The van der Waals surface area contributed by atoms with Crippen LogP contribution in [0.3, 0.4) is 0 Å². The van der Waals surface area contributed by atoms with Crippen molar-refractivity contribution in [3.63, 3.8) is 0 Å². The Morgan fingerprint density at radius 2 is 2.31 bits per heavy atom. The number of rotatable bonds is 3. The minimum atomic E-state index is -1.02. The number of nitro groups is 1. The molecule has 0 radical (unpaired) electrons. The van der Waals surface area contributed by atoms with Crippen molar-refractivity contribution in [1.29, 1.82) is 0 Å². The van der Waals surface area contributed by atoms with Gasteiger partial charge in [-0.25, -0.2) is 0 Å². The second kappa shape index (κ2) is 3.92. The van der Waals surface area contributed by atoms with Gasteiger partial charge in [0.1, 0.15) is 12.1 Å². The fourth-order valence-electron chi connectivity index (χ4n) is 2.01. The van der Waals surface area contributed by atoms with Crippen LogP contribution in [0.5, 0.6) is 0 Å². The molecule has 0 bridgehead atoms. The summed E-state index contributed by atoms with van der Waals surface area (Å²) in [5.74, 6) is -0.918. The van der Waals surface area contributed by atoms with Crippen molar-refractivity contribution in [3.8, 4) is 0 Å². The number of carbonyl (C=O) groups is 1. The molecular formula is C9H11N3O4. The van der Waals surface area contributed by atoms with E-state index >= 15 is 0 Å². The standard InChI is InChI=1S/C9H11N3O4/c13-8(14)5-7-10-9(12(15)16)6-3-1-2-4-11(6)7/h1-5H2,(H,13,14). The molecule has 1 N–H and O–H groups in total. The third-order valence-corrected chi connectivity index (χ3v) is 2.66. The maximum Gasteiger partial charge on any atom is 0.385 e. The zero-order valence-electron chi connectivity index (χ0n) is 8.55. The normalized spacial score (nSPS) is 14.5. The minimum Gasteiger partial charge on any atom is -0.481 e. The number of hydrogen-bond donors (Lipinski definition) is 1. The lowest BCUT2D eigenvalue weighted by Crippen LogP contribution is -2.15. The quantitative estimate of drug-likeness (QED) is 0.604. The van der Waals surface area contributed by atoms with Gasteiger partial charge in [0.2, 0.25) is 5.82 Å². The van der Waals surface area contributed by atoms with Gasteiger partial charge in [-0.3, -0.25) is 4.79 Å². The van der Waals surface area contributed by atoms with Gasteiger partial charge in [0.25, 0.3) is 0 Å². The highest BCUT2D eigenvalue weighted by atomic mass is 16.6. The van der Waals surface area contributed by atoms with Gasteiger partial charge >= 0.3 is 11.8 Å². The van der Waals surface area contributed by atoms with Crippen molar-refractivity contribution in [2.24, 2.45) is 0 Å². The highest BCUT2D eigenvalue weighted by Crippen LogP contribution is 2.26. The summed E-state index contributed by atoms with van der Waals surface area (Å²) in [6, 6.07) is 0. The predicted molar refractivity (Wildman–Crippen MR) is 53.2 cm³/mol. The van der Waals surface area contributed by atoms with Crippen molar-refractivity contribution in [2.45, 2.75) is 32.2 Å². The smallest absolute Gasteiger partial charge is 0.385 e. The minimum absolute atomic E-state index is 0.184. The summed E-state index contributed by atoms with van der Waals surface area (Å²) in [6.45, 7) is 0.624. The lowest BCUT2D eigenvalue weighted by Gasteiger charge is -2.13. The van der Waals surface area contributed by atoms with Gasteiger partial charge in [0.15, 0.2) is 0 Å². The zero-order valence-corrected chi connectivity index (χ0v) is 8.55. The second-order valence-electron chi connectivity index (χ2n) is 3.73. The molecule has 0 atom stereocenters. The maximum absolute atomic E-state index is 10.8. The van der Waals surface area contributed by atoms with E-state index in [1.54, 1.807) is 4.57 Å². The molecule has 86 valence electrons. The highest BCUT2D eigenvalue weighted by Gasteiger charge is 2.29. The largest absolute Gasteiger partial charge is 0.481 e. The third-order valence-electron chi connectivity index (χ3n) is 2.66. The lowest BCUT2D eigenvalue weighted by molar-refractivity contribution is -0.390. The Labute approximate surface area is 90.9 Å². The van der Waals surface area contributed by atoms with E-state index < -0.39 is 10.9 Å². The van der Waals surface area contributed by atoms with Crippen LogP contribution in [0.15, 0.2) is 0 Å². The lowest BCUT2D eigenvalue weighted by atomic mass is 10.1. The molecule has 0 fully saturated rings. The first-order valence-corrected chi connectivity index (χ1v) is 5.04. The summed E-state index contributed by atoms with van der Waals surface area (Å²) < 4.78 is 1.68. The van der Waals surface area contributed by atoms with Crippen molar-refractivity contribution in [3.05, 3.63) is 21.6 Å². The number of nitrogens with zero attached hydrogens (tertiary/aromatic N) is 3. The zero-order chi connectivity index (χ0) is 11.7. The number of aliphatic carboxylic acids is 1. The molecule has 7 nitrogen and oxygen atoms in total. The summed E-state index contributed by atoms with van der Waals surface area (Å²) in [4.78, 5) is 24.6. The number of fused-ring (bicyclic) bond motifs is 1. The van der Waals surface area contributed by atoms with Crippen LogP contribution in [-0.2, 0) is 24.2 Å². The van der Waals surface area contributed by atoms with E-state index in [1.807, 2.05) is 0 Å². The number of carboxylic acid groups (broad SMARTS) is 1. The van der Waals surface area contributed by atoms with Crippen LogP contribution in [0.1, 0.15) is 24.4 Å². The number of hydrogen-bond acceptors (Lipinski definition) is 4. The van der Waals surface area contributed by atoms with E-state index in [-0.39, 0.29) is 18.1 Å². The number of carboxylic acids is 1. The van der Waals surface area contributed by atoms with E-state index in [9.17, 15) is 14.9 Å². The molecule has 0 aromatic carbocycles. The SMILES string of the molecule is O=C(O)Cc1nc([N+](=O)[O-])c2n1CCCC2. The van der Waals surface area contributed by atoms with E-state index in [0.717, 1.165) is 12.8 Å². The molecule has 0 saturated heterocycles. The summed E-state index contributed by atoms with van der Waals surface area (Å²) in [7, 11) is 0. The molecule has 1 aliphatic rings. The van der Waals surface area contributed by atoms with Crippen LogP contribution in [0.4, 0.5) is 5.82 Å². The highest BCUT2D eigenvalue weighted by molar-refractivity contribution is 5.69. The van der Waals surface area contributed by atoms with Gasteiger partial charge in [-0.2, -0.15) is 0 Å². The first-order valence-electron chi connectivity index (χ1n) is 5.04. The third kappa shape index (κ3) is 1.75. The Morgan fingerprint density at radius 3 is 2.94 bits per heavy atom. The van der Waals surface area contributed by atoms with Gasteiger partial charge in [0, 0.05) is 6.54 Å². The molecule has 1 aromatic heterocycles. The molecule has 0 unspecified atom stereocenters. The van der Waals surface area contributed by atoms with Gasteiger partial charge in [0.05, 0.1) is 0 Å². The van der Waals surface area contributed by atoms with Gasteiger partial charge in [-0.15, -0.1) is 0 Å². The van der Waals surface area contributed by atoms with Crippen molar-refractivity contribution in [2.75, 3.05) is 0 Å². The van der Waals surface area contributed by atoms with Crippen LogP contribution in [-0.4, -0.2) is 25.6 Å². The van der Waals surface area contributed by atoms with Crippen LogP contribution >= 0.6 is 0 Å². The first-order chi connectivity index (χ1) is 7.59. The molecule has 0 spiro atoms. The topological polar surface area (TPSA) is 98.3 Å². The van der Waals surface area contributed by atoms with Gasteiger partial charge in [-0.05, 0) is 29.2 Å². The number of aromatic nitrogens is 2. The van der Waals surface area contributed by atoms with Crippen molar-refractivity contribution in [1.82, 2.24) is 9.55 Å². The molecule has 2 heterocycles. The Morgan fingerprint density at radius 1 is 1.56 bits per heavy atom. The van der Waals surface area contributed by atoms with Crippen molar-refractivity contribution < 1.29 is 14.8 Å². The van der Waals surface area contributed by atoms with Gasteiger partial charge < -0.3 is 19.8 Å². The monoisotopic (exact) mass is 225 g/mol. The summed E-state index contributed by atoms with van der Waals surface area (Å²) >= 11 is 0. The maximum atomic E-state index is 10.8. The summed E-state index contributed by atoms with van der Waals surface area (Å²) in [5.41, 5.74) is 0.563. The Bertz CT molecular complexity index is 452. The first kappa shape index (κ1) is 10.6. The molecule has 1 aliphatic heterocycles. The van der Waals surface area contributed by atoms with Crippen LogP contribution in [0.2, 0.25) is 0 Å². The molecule has 7 heteroatoms. The van der Waals surface area contributed by atoms with Crippen molar-refractivity contribution >= 4 is 11.8 Å². The summed E-state index contributed by atoms with van der Waals surface area (Å²) in [5, 5.41) is 19.4. The molecule has 0 amide bonds. The average Bonchev–Trinajstić information content (AvgIpc) is 2.57. The Hall–Kier alpha value is -1.92.